The van der Waals surface area contributed by atoms with Crippen LogP contribution in [0.4, 0.5) is 34.1 Å². The topological polar surface area (TPSA) is 6.48 Å². The van der Waals surface area contributed by atoms with Crippen molar-refractivity contribution in [1.29, 1.82) is 0 Å². The first-order valence-electron chi connectivity index (χ1n) is 25.9. The molecule has 0 saturated carbocycles. The monoisotopic (exact) mass is 948 g/mol. The molecular weight excluding hydrogens is 893 g/mol. The van der Waals surface area contributed by atoms with Gasteiger partial charge in [-0.05, 0) is 186 Å². The van der Waals surface area contributed by atoms with Gasteiger partial charge in [0, 0.05) is 45.0 Å². The molecule has 11 aromatic rings. The van der Waals surface area contributed by atoms with Gasteiger partial charge >= 0.3 is 0 Å². The average Bonchev–Trinajstić information content (AvgIpc) is 3.83. The molecule has 2 heteroatoms. The van der Waals surface area contributed by atoms with E-state index in [4.69, 9.17) is 0 Å². The predicted octanol–water partition coefficient (Wildman–Crippen LogP) is 19.9. The maximum absolute atomic E-state index is 2.52. The van der Waals surface area contributed by atoms with Gasteiger partial charge in [0.15, 0.2) is 0 Å². The molecule has 0 N–H and O–H groups in total. The lowest BCUT2D eigenvalue weighted by atomic mass is 9.79. The molecule has 0 saturated heterocycles. The SMILES string of the molecule is CC1(C)c2cc(-c3ccc(-c4ccc(N(c5ccccc5)c5ccccc5)cc4)cc3)ccc2-c2cc3c(cc21)-c1ccc(-c2ccc(-c4ccc(N(c5ccccc5)c5ccccc5)cc4)cc2)cc1C3(C)C. The zero-order valence-electron chi connectivity index (χ0n) is 42.3. The van der Waals surface area contributed by atoms with E-state index >= 15 is 0 Å². The Hall–Kier alpha value is -8.98. The van der Waals surface area contributed by atoms with Gasteiger partial charge in [-0.15, -0.1) is 0 Å². The van der Waals surface area contributed by atoms with Crippen LogP contribution in [-0.4, -0.2) is 0 Å². The number of hydrogen-bond donors (Lipinski definition) is 0. The second kappa shape index (κ2) is 17.9. The summed E-state index contributed by atoms with van der Waals surface area (Å²) in [5, 5.41) is 0. The normalized spacial score (nSPS) is 13.4. The largest absolute Gasteiger partial charge is 0.311 e. The Bertz CT molecular complexity index is 3490. The van der Waals surface area contributed by atoms with Crippen molar-refractivity contribution in [3.05, 3.63) is 289 Å². The fourth-order valence-electron chi connectivity index (χ4n) is 11.8. The number of fused-ring (bicyclic) bond motifs is 6. The van der Waals surface area contributed by atoms with Crippen LogP contribution in [0.2, 0.25) is 0 Å². The van der Waals surface area contributed by atoms with Crippen LogP contribution in [0.15, 0.2) is 267 Å². The third-order valence-corrected chi connectivity index (χ3v) is 15.9. The molecule has 11 aromatic carbocycles. The van der Waals surface area contributed by atoms with Gasteiger partial charge in [-0.1, -0.05) is 198 Å². The quantitative estimate of drug-likeness (QED) is 0.135. The van der Waals surface area contributed by atoms with Crippen molar-refractivity contribution < 1.29 is 0 Å². The third kappa shape index (κ3) is 7.74. The van der Waals surface area contributed by atoms with Crippen molar-refractivity contribution in [2.24, 2.45) is 0 Å². The highest BCUT2D eigenvalue weighted by Gasteiger charge is 2.42. The van der Waals surface area contributed by atoms with E-state index in [-0.39, 0.29) is 10.8 Å². The molecule has 0 spiro atoms. The summed E-state index contributed by atoms with van der Waals surface area (Å²) in [6, 6.07) is 97.7. The lowest BCUT2D eigenvalue weighted by Crippen LogP contribution is -2.17. The summed E-state index contributed by atoms with van der Waals surface area (Å²) in [7, 11) is 0. The Morgan fingerprint density at radius 3 is 0.703 bits per heavy atom. The van der Waals surface area contributed by atoms with E-state index in [1.54, 1.807) is 0 Å². The standard InChI is InChI=1S/C72H56N2/c1-71(2)67-45-55(53-29-25-49(26-30-53)51-33-39-61(40-34-51)73(57-17-9-5-10-18-57)58-19-11-6-12-20-58)37-43-63(67)65-48-70-66(47-69(65)71)64-44-38-56(46-68(64)72(70,3)4)54-31-27-50(28-32-54)52-35-41-62(42-36-52)74(59-21-13-7-14-22-59)60-23-15-8-16-24-60/h5-48H,1-4H3. The Morgan fingerprint density at radius 2 is 0.419 bits per heavy atom. The summed E-state index contributed by atoms with van der Waals surface area (Å²) in [6.07, 6.45) is 0. The molecule has 0 fully saturated rings. The van der Waals surface area contributed by atoms with E-state index in [0.717, 1.165) is 34.1 Å². The van der Waals surface area contributed by atoms with E-state index in [0.29, 0.717) is 0 Å². The molecule has 13 rings (SSSR count). The van der Waals surface area contributed by atoms with Crippen LogP contribution >= 0.6 is 0 Å². The summed E-state index contributed by atoms with van der Waals surface area (Å²) in [5.74, 6) is 0. The fourth-order valence-corrected chi connectivity index (χ4v) is 11.8. The van der Waals surface area contributed by atoms with Gasteiger partial charge in [0.1, 0.15) is 0 Å². The molecule has 354 valence electrons. The minimum Gasteiger partial charge on any atom is -0.311 e. The predicted molar refractivity (Wildman–Crippen MR) is 313 cm³/mol. The van der Waals surface area contributed by atoms with Crippen molar-refractivity contribution in [1.82, 2.24) is 0 Å². The molecule has 74 heavy (non-hydrogen) atoms. The summed E-state index contributed by atoms with van der Waals surface area (Å²) < 4.78 is 0. The van der Waals surface area contributed by atoms with Crippen molar-refractivity contribution in [3.8, 4) is 66.8 Å². The van der Waals surface area contributed by atoms with Gasteiger partial charge in [-0.2, -0.15) is 0 Å². The zero-order chi connectivity index (χ0) is 50.0. The Balaban J connectivity index is 0.736. The molecule has 0 aromatic heterocycles. The Labute approximate surface area is 436 Å². The number of benzene rings is 11. The molecule has 0 radical (unpaired) electrons. The van der Waals surface area contributed by atoms with Crippen molar-refractivity contribution >= 4 is 34.1 Å². The molecule has 2 aliphatic carbocycles. The number of nitrogens with zero attached hydrogens (tertiary/aromatic N) is 2. The van der Waals surface area contributed by atoms with Crippen molar-refractivity contribution in [2.75, 3.05) is 9.80 Å². The Morgan fingerprint density at radius 1 is 0.203 bits per heavy atom. The van der Waals surface area contributed by atoms with Crippen molar-refractivity contribution in [3.63, 3.8) is 0 Å². The van der Waals surface area contributed by atoms with Crippen LogP contribution in [0.1, 0.15) is 49.9 Å². The van der Waals surface area contributed by atoms with E-state index in [1.807, 2.05) is 0 Å². The second-order valence-electron chi connectivity index (χ2n) is 21.0. The van der Waals surface area contributed by atoms with E-state index < -0.39 is 0 Å². The van der Waals surface area contributed by atoms with E-state index in [1.165, 1.54) is 89.0 Å². The third-order valence-electron chi connectivity index (χ3n) is 15.9. The number of rotatable bonds is 10. The van der Waals surface area contributed by atoms with Crippen LogP contribution in [0.3, 0.4) is 0 Å². The van der Waals surface area contributed by atoms with Gasteiger partial charge in [0.2, 0.25) is 0 Å². The van der Waals surface area contributed by atoms with Crippen LogP contribution in [0.5, 0.6) is 0 Å². The highest BCUT2D eigenvalue weighted by Crippen LogP contribution is 2.57. The zero-order valence-corrected chi connectivity index (χ0v) is 42.3. The first kappa shape index (κ1) is 44.9. The lowest BCUT2D eigenvalue weighted by Gasteiger charge is -2.25. The molecule has 2 nitrogen and oxygen atoms in total. The summed E-state index contributed by atoms with van der Waals surface area (Å²) in [4.78, 5) is 4.61. The van der Waals surface area contributed by atoms with Gasteiger partial charge in [0.05, 0.1) is 0 Å². The molecule has 0 aliphatic heterocycles. The molecular formula is C72H56N2. The average molecular weight is 949 g/mol. The van der Waals surface area contributed by atoms with Gasteiger partial charge in [-0.25, -0.2) is 0 Å². The fraction of sp³-hybridized carbons (Fsp3) is 0.0833. The maximum Gasteiger partial charge on any atom is 0.0462 e. The summed E-state index contributed by atoms with van der Waals surface area (Å²) in [5.41, 5.74) is 27.3. The first-order chi connectivity index (χ1) is 36.2. The molecule has 2 aliphatic rings. The number of anilines is 6. The number of para-hydroxylation sites is 4. The molecule has 0 heterocycles. The molecule has 0 bridgehead atoms. The van der Waals surface area contributed by atoms with Crippen LogP contribution in [-0.2, 0) is 10.8 Å². The molecule has 0 amide bonds. The van der Waals surface area contributed by atoms with Gasteiger partial charge in [-0.3, -0.25) is 0 Å². The van der Waals surface area contributed by atoms with E-state index in [2.05, 4.69) is 304 Å². The van der Waals surface area contributed by atoms with Crippen LogP contribution < -0.4 is 9.80 Å². The Kier molecular flexibility index (Phi) is 10.9. The second-order valence-corrected chi connectivity index (χ2v) is 21.0. The molecule has 0 atom stereocenters. The van der Waals surface area contributed by atoms with Crippen LogP contribution in [0.25, 0.3) is 66.8 Å². The summed E-state index contributed by atoms with van der Waals surface area (Å²) >= 11 is 0. The summed E-state index contributed by atoms with van der Waals surface area (Å²) in [6.45, 7) is 9.63. The van der Waals surface area contributed by atoms with E-state index in [9.17, 15) is 0 Å². The first-order valence-corrected chi connectivity index (χ1v) is 25.9. The van der Waals surface area contributed by atoms with Gasteiger partial charge < -0.3 is 9.80 Å². The highest BCUT2D eigenvalue weighted by atomic mass is 15.1. The molecule has 0 unspecified atom stereocenters. The maximum atomic E-state index is 2.52. The van der Waals surface area contributed by atoms with Crippen LogP contribution in [0, 0.1) is 0 Å². The number of hydrogen-bond acceptors (Lipinski definition) is 2. The minimum atomic E-state index is -0.150. The smallest absolute Gasteiger partial charge is 0.0462 e. The van der Waals surface area contributed by atoms with Crippen molar-refractivity contribution in [2.45, 2.75) is 38.5 Å². The van der Waals surface area contributed by atoms with Gasteiger partial charge in [0.25, 0.3) is 0 Å². The highest BCUT2D eigenvalue weighted by molar-refractivity contribution is 5.92. The minimum absolute atomic E-state index is 0.150. The lowest BCUT2D eigenvalue weighted by molar-refractivity contribution is 0.652.